The van der Waals surface area contributed by atoms with Crippen LogP contribution < -0.4 is 10.5 Å². The number of para-hydroxylation sites is 1. The molecule has 1 aromatic rings. The van der Waals surface area contributed by atoms with E-state index in [1.54, 1.807) is 0 Å². The van der Waals surface area contributed by atoms with Crippen LogP contribution in [0.4, 0.5) is 0 Å². The van der Waals surface area contributed by atoms with Crippen LogP contribution in [-0.4, -0.2) is 31.4 Å². The number of aliphatic imine (C=N–C) groups is 1. The maximum Gasteiger partial charge on any atom is 0.283 e. The van der Waals surface area contributed by atoms with Gasteiger partial charge in [-0.25, -0.2) is 4.99 Å². The smallest absolute Gasteiger partial charge is 0.283 e. The van der Waals surface area contributed by atoms with E-state index in [1.165, 1.54) is 0 Å². The van der Waals surface area contributed by atoms with E-state index >= 15 is 0 Å². The molecule has 5 nitrogen and oxygen atoms in total. The molecular formula is C15H18N2O3. The Labute approximate surface area is 117 Å². The second kappa shape index (κ2) is 3.47. The molecule has 0 aromatic heterocycles. The third kappa shape index (κ3) is 1.15. The predicted octanol–water partition coefficient (Wildman–Crippen LogP) is 1.41. The minimum atomic E-state index is -0.506. The van der Waals surface area contributed by atoms with Gasteiger partial charge in [-0.15, -0.1) is 0 Å². The monoisotopic (exact) mass is 274 g/mol. The molecule has 2 N–H and O–H groups in total. The zero-order valence-electron chi connectivity index (χ0n) is 11.7. The number of ether oxygens (including phenoxy) is 3. The normalized spacial score (nSPS) is 32.0. The van der Waals surface area contributed by atoms with E-state index in [0.717, 1.165) is 11.3 Å². The van der Waals surface area contributed by atoms with Gasteiger partial charge in [0.25, 0.3) is 6.02 Å². The number of hydrogen-bond donors (Lipinski definition) is 1. The van der Waals surface area contributed by atoms with E-state index in [1.807, 2.05) is 18.2 Å². The van der Waals surface area contributed by atoms with Crippen molar-refractivity contribution in [2.75, 3.05) is 19.8 Å². The van der Waals surface area contributed by atoms with Gasteiger partial charge in [0.2, 0.25) is 0 Å². The highest BCUT2D eigenvalue weighted by atomic mass is 16.5. The molecular weight excluding hydrogens is 256 g/mol. The lowest BCUT2D eigenvalue weighted by molar-refractivity contribution is -0.247. The summed E-state index contributed by atoms with van der Waals surface area (Å²) in [6, 6.07) is 8.26. The zero-order chi connectivity index (χ0) is 14.0. The third-order valence-electron chi connectivity index (χ3n) is 5.07. The first-order valence-electron chi connectivity index (χ1n) is 6.85. The standard InChI is InChI=1S/C15H18N2O3/c1-13(2)14(7-18-8-14)15(9-19-12(16)17-15)10-5-3-4-6-11(10)20-13/h3-6H,7-9H2,1-2H3,(H2,16,17). The van der Waals surface area contributed by atoms with Crippen molar-refractivity contribution in [2.24, 2.45) is 16.1 Å². The van der Waals surface area contributed by atoms with E-state index in [9.17, 15) is 0 Å². The zero-order valence-corrected chi connectivity index (χ0v) is 11.7. The second-order valence-electron chi connectivity index (χ2n) is 6.28. The second-order valence-corrected chi connectivity index (χ2v) is 6.28. The van der Waals surface area contributed by atoms with Crippen molar-refractivity contribution < 1.29 is 14.2 Å². The SMILES string of the molecule is CC1(C)Oc2ccccc2C2(COC(N)=N2)C12COC2. The lowest BCUT2D eigenvalue weighted by Crippen LogP contribution is -2.71. The first-order chi connectivity index (χ1) is 9.51. The Kier molecular flexibility index (Phi) is 2.08. The molecule has 0 radical (unpaired) electrons. The largest absolute Gasteiger partial charge is 0.487 e. The molecule has 1 unspecified atom stereocenters. The molecule has 106 valence electrons. The topological polar surface area (TPSA) is 66.1 Å². The highest BCUT2D eigenvalue weighted by molar-refractivity contribution is 5.75. The Morgan fingerprint density at radius 3 is 2.50 bits per heavy atom. The average Bonchev–Trinajstić information content (AvgIpc) is 2.69. The first kappa shape index (κ1) is 12.0. The Morgan fingerprint density at radius 2 is 1.90 bits per heavy atom. The van der Waals surface area contributed by atoms with Crippen LogP contribution in [-0.2, 0) is 15.0 Å². The molecule has 0 amide bonds. The van der Waals surface area contributed by atoms with Crippen molar-refractivity contribution >= 4 is 6.02 Å². The van der Waals surface area contributed by atoms with Crippen LogP contribution in [0.2, 0.25) is 0 Å². The fourth-order valence-corrected chi connectivity index (χ4v) is 3.73. The number of rotatable bonds is 0. The molecule has 0 saturated carbocycles. The lowest BCUT2D eigenvalue weighted by Gasteiger charge is -2.61. The maximum absolute atomic E-state index is 6.25. The van der Waals surface area contributed by atoms with E-state index in [2.05, 4.69) is 19.9 Å². The first-order valence-corrected chi connectivity index (χ1v) is 6.85. The summed E-state index contributed by atoms with van der Waals surface area (Å²) in [7, 11) is 0. The van der Waals surface area contributed by atoms with Crippen LogP contribution in [0, 0.1) is 5.41 Å². The van der Waals surface area contributed by atoms with Crippen molar-refractivity contribution in [3.8, 4) is 5.75 Å². The molecule has 2 spiro atoms. The highest BCUT2D eigenvalue weighted by Gasteiger charge is 2.71. The summed E-state index contributed by atoms with van der Waals surface area (Å²) in [6.07, 6.45) is 0. The summed E-state index contributed by atoms with van der Waals surface area (Å²) in [5, 5.41) is 0. The molecule has 1 atom stereocenters. The Bertz CT molecular complexity index is 607. The number of nitrogens with zero attached hydrogens (tertiary/aromatic N) is 1. The van der Waals surface area contributed by atoms with Gasteiger partial charge in [-0.1, -0.05) is 18.2 Å². The quantitative estimate of drug-likeness (QED) is 0.777. The lowest BCUT2D eigenvalue weighted by atomic mass is 9.56. The summed E-state index contributed by atoms with van der Waals surface area (Å²) in [5.74, 6) is 0.858. The third-order valence-corrected chi connectivity index (χ3v) is 5.07. The van der Waals surface area contributed by atoms with Crippen LogP contribution in [0.25, 0.3) is 0 Å². The predicted molar refractivity (Wildman–Crippen MR) is 73.7 cm³/mol. The molecule has 5 heteroatoms. The number of amidine groups is 1. The molecule has 3 aliphatic heterocycles. The Balaban J connectivity index is 2.01. The van der Waals surface area contributed by atoms with Gasteiger partial charge < -0.3 is 19.9 Å². The number of nitrogens with two attached hydrogens (primary N) is 1. The fraction of sp³-hybridized carbons (Fsp3) is 0.533. The molecule has 0 aliphatic carbocycles. The van der Waals surface area contributed by atoms with Crippen molar-refractivity contribution in [1.29, 1.82) is 0 Å². The van der Waals surface area contributed by atoms with Crippen LogP contribution in [0.3, 0.4) is 0 Å². The van der Waals surface area contributed by atoms with Gasteiger partial charge in [-0.3, -0.25) is 0 Å². The minimum absolute atomic E-state index is 0.241. The molecule has 1 aromatic carbocycles. The maximum atomic E-state index is 6.25. The number of hydrogen-bond acceptors (Lipinski definition) is 5. The van der Waals surface area contributed by atoms with Crippen molar-refractivity contribution in [3.63, 3.8) is 0 Å². The molecule has 3 aliphatic rings. The van der Waals surface area contributed by atoms with Gasteiger partial charge in [0.1, 0.15) is 23.5 Å². The number of benzene rings is 1. The van der Waals surface area contributed by atoms with Crippen LogP contribution in [0.1, 0.15) is 19.4 Å². The van der Waals surface area contributed by atoms with Gasteiger partial charge in [0, 0.05) is 5.56 Å². The highest BCUT2D eigenvalue weighted by Crippen LogP contribution is 2.61. The Hall–Kier alpha value is -1.75. The van der Waals surface area contributed by atoms with Crippen LogP contribution in [0.5, 0.6) is 5.75 Å². The van der Waals surface area contributed by atoms with Crippen molar-refractivity contribution in [2.45, 2.75) is 25.0 Å². The molecule has 0 bridgehead atoms. The average molecular weight is 274 g/mol. The van der Waals surface area contributed by atoms with Gasteiger partial charge in [0.05, 0.1) is 18.6 Å². The van der Waals surface area contributed by atoms with E-state index in [0.29, 0.717) is 19.8 Å². The molecule has 20 heavy (non-hydrogen) atoms. The molecule has 4 rings (SSSR count). The van der Waals surface area contributed by atoms with Crippen molar-refractivity contribution in [3.05, 3.63) is 29.8 Å². The van der Waals surface area contributed by atoms with Crippen LogP contribution in [0.15, 0.2) is 29.3 Å². The Morgan fingerprint density at radius 1 is 1.15 bits per heavy atom. The van der Waals surface area contributed by atoms with Gasteiger partial charge >= 0.3 is 0 Å². The minimum Gasteiger partial charge on any atom is -0.487 e. The number of fused-ring (bicyclic) bond motifs is 3. The van der Waals surface area contributed by atoms with E-state index < -0.39 is 11.1 Å². The van der Waals surface area contributed by atoms with Gasteiger partial charge in [0.15, 0.2) is 0 Å². The molecule has 1 fully saturated rings. The summed E-state index contributed by atoms with van der Waals surface area (Å²) >= 11 is 0. The van der Waals surface area contributed by atoms with E-state index in [-0.39, 0.29) is 11.4 Å². The van der Waals surface area contributed by atoms with Crippen molar-refractivity contribution in [1.82, 2.24) is 0 Å². The fourth-order valence-electron chi connectivity index (χ4n) is 3.73. The molecule has 3 heterocycles. The van der Waals surface area contributed by atoms with Gasteiger partial charge in [-0.05, 0) is 19.9 Å². The van der Waals surface area contributed by atoms with E-state index in [4.69, 9.17) is 24.9 Å². The summed E-state index contributed by atoms with van der Waals surface area (Å²) in [5.41, 5.74) is 5.74. The summed E-state index contributed by atoms with van der Waals surface area (Å²) in [6.45, 7) is 5.85. The molecule has 1 saturated heterocycles. The van der Waals surface area contributed by atoms with Gasteiger partial charge in [-0.2, -0.15) is 0 Å². The summed E-state index contributed by atoms with van der Waals surface area (Å²) in [4.78, 5) is 4.70. The van der Waals surface area contributed by atoms with Crippen LogP contribution >= 0.6 is 0 Å². The summed E-state index contributed by atoms with van der Waals surface area (Å²) < 4.78 is 17.3.